The summed E-state index contributed by atoms with van der Waals surface area (Å²) in [6.07, 6.45) is 2.60. The number of rotatable bonds is 3. The zero-order valence-corrected chi connectivity index (χ0v) is 14.1. The molecule has 1 fully saturated rings. The van der Waals surface area contributed by atoms with Gasteiger partial charge < -0.3 is 15.4 Å². The molecule has 1 aromatic rings. The summed E-state index contributed by atoms with van der Waals surface area (Å²) in [7, 11) is 2.19. The van der Waals surface area contributed by atoms with Crippen LogP contribution in [-0.4, -0.2) is 31.1 Å². The minimum atomic E-state index is 0.160. The van der Waals surface area contributed by atoms with Crippen molar-refractivity contribution >= 4 is 28.3 Å². The molecule has 19 heavy (non-hydrogen) atoms. The Morgan fingerprint density at radius 3 is 2.53 bits per heavy atom. The molecule has 0 amide bonds. The number of halogens is 1. The number of ether oxygens (including phenoxy) is 1. The molecule has 4 heteroatoms. The van der Waals surface area contributed by atoms with E-state index in [2.05, 4.69) is 40.6 Å². The van der Waals surface area contributed by atoms with Gasteiger partial charge in [-0.3, -0.25) is 0 Å². The summed E-state index contributed by atoms with van der Waals surface area (Å²) in [5, 5.41) is 0. The number of anilines is 1. The second kappa shape index (κ2) is 6.31. The molecule has 0 unspecified atom stereocenters. The predicted octanol–water partition coefficient (Wildman–Crippen LogP) is 3.47. The maximum absolute atomic E-state index is 6.05. The molecule has 0 atom stereocenters. The summed E-state index contributed by atoms with van der Waals surface area (Å²) < 4.78 is 7.08. The van der Waals surface area contributed by atoms with Crippen LogP contribution >= 0.6 is 22.6 Å². The Bertz CT molecular complexity index is 440. The minimum Gasteiger partial charge on any atom is -0.489 e. The summed E-state index contributed by atoms with van der Waals surface area (Å²) in [6, 6.07) is 4.21. The topological polar surface area (TPSA) is 38.5 Å². The lowest BCUT2D eigenvalue weighted by molar-refractivity contribution is 0.241. The zero-order chi connectivity index (χ0) is 14.0. The lowest BCUT2D eigenvalue weighted by Gasteiger charge is -2.30. The van der Waals surface area contributed by atoms with Crippen molar-refractivity contribution in [2.45, 2.75) is 38.7 Å². The largest absolute Gasteiger partial charge is 0.489 e. The molecule has 0 radical (unpaired) electrons. The van der Waals surface area contributed by atoms with Crippen molar-refractivity contribution in [2.24, 2.45) is 0 Å². The van der Waals surface area contributed by atoms with Crippen molar-refractivity contribution in [1.29, 1.82) is 0 Å². The number of hydrogen-bond acceptors (Lipinski definition) is 3. The van der Waals surface area contributed by atoms with Gasteiger partial charge in [0.2, 0.25) is 0 Å². The first-order valence-electron chi connectivity index (χ1n) is 6.91. The quantitative estimate of drug-likeness (QED) is 0.651. The Balaban J connectivity index is 2.24. The first-order valence-corrected chi connectivity index (χ1v) is 7.99. The van der Waals surface area contributed by atoms with Crippen LogP contribution in [0.1, 0.15) is 38.2 Å². The van der Waals surface area contributed by atoms with E-state index in [0.29, 0.717) is 5.92 Å². The summed E-state index contributed by atoms with van der Waals surface area (Å²) in [6.45, 7) is 6.41. The van der Waals surface area contributed by atoms with E-state index in [1.54, 1.807) is 0 Å². The number of nitrogen functional groups attached to an aromatic ring is 1. The fourth-order valence-corrected chi connectivity index (χ4v) is 3.50. The van der Waals surface area contributed by atoms with E-state index >= 15 is 0 Å². The van der Waals surface area contributed by atoms with Crippen LogP contribution in [0.25, 0.3) is 0 Å². The van der Waals surface area contributed by atoms with Crippen LogP contribution in [0.5, 0.6) is 5.75 Å². The summed E-state index contributed by atoms with van der Waals surface area (Å²) in [4.78, 5) is 2.40. The van der Waals surface area contributed by atoms with E-state index in [0.717, 1.165) is 11.4 Å². The lowest BCUT2D eigenvalue weighted by Crippen LogP contribution is -2.29. The highest BCUT2D eigenvalue weighted by Crippen LogP contribution is 2.36. The van der Waals surface area contributed by atoms with Gasteiger partial charge in [0.25, 0.3) is 0 Å². The van der Waals surface area contributed by atoms with Crippen LogP contribution in [0.4, 0.5) is 5.69 Å². The average molecular weight is 374 g/mol. The van der Waals surface area contributed by atoms with Gasteiger partial charge in [-0.2, -0.15) is 0 Å². The average Bonchev–Trinajstić information content (AvgIpc) is 2.33. The molecule has 1 aliphatic heterocycles. The standard InChI is InChI=1S/C15H23IN2O/c1-10(2)19-15-8-12(13(16)9-14(15)17)11-4-6-18(3)7-5-11/h8-11H,4-7,17H2,1-3H3. The van der Waals surface area contributed by atoms with Crippen LogP contribution in [0.3, 0.4) is 0 Å². The van der Waals surface area contributed by atoms with E-state index < -0.39 is 0 Å². The van der Waals surface area contributed by atoms with Gasteiger partial charge in [-0.25, -0.2) is 0 Å². The van der Waals surface area contributed by atoms with Gasteiger partial charge in [-0.1, -0.05) is 0 Å². The van der Waals surface area contributed by atoms with Crippen molar-refractivity contribution in [3.8, 4) is 5.75 Å². The number of nitrogens with zero attached hydrogens (tertiary/aromatic N) is 1. The van der Waals surface area contributed by atoms with E-state index in [1.165, 1.54) is 35.1 Å². The van der Waals surface area contributed by atoms with E-state index in [4.69, 9.17) is 10.5 Å². The second-order valence-corrected chi connectivity index (χ2v) is 6.82. The molecule has 2 N–H and O–H groups in total. The van der Waals surface area contributed by atoms with Crippen molar-refractivity contribution in [1.82, 2.24) is 4.90 Å². The molecule has 0 saturated carbocycles. The zero-order valence-electron chi connectivity index (χ0n) is 11.9. The molecule has 2 rings (SSSR count). The van der Waals surface area contributed by atoms with Gasteiger partial charge in [0.15, 0.2) is 0 Å². The molecule has 1 saturated heterocycles. The molecule has 1 aromatic carbocycles. The maximum Gasteiger partial charge on any atom is 0.142 e. The van der Waals surface area contributed by atoms with Crippen LogP contribution in [0.15, 0.2) is 12.1 Å². The fraction of sp³-hybridized carbons (Fsp3) is 0.600. The molecular weight excluding hydrogens is 351 g/mol. The van der Waals surface area contributed by atoms with Crippen molar-refractivity contribution in [3.63, 3.8) is 0 Å². The number of hydrogen-bond donors (Lipinski definition) is 1. The Morgan fingerprint density at radius 1 is 1.32 bits per heavy atom. The van der Waals surface area contributed by atoms with Gasteiger partial charge in [-0.15, -0.1) is 0 Å². The molecule has 0 aliphatic carbocycles. The first kappa shape index (κ1) is 14.9. The molecule has 1 heterocycles. The Hall–Kier alpha value is -0.490. The van der Waals surface area contributed by atoms with E-state index in [-0.39, 0.29) is 6.10 Å². The lowest BCUT2D eigenvalue weighted by atomic mass is 9.89. The predicted molar refractivity (Wildman–Crippen MR) is 88.8 cm³/mol. The molecule has 106 valence electrons. The Morgan fingerprint density at radius 2 is 1.95 bits per heavy atom. The highest BCUT2D eigenvalue weighted by molar-refractivity contribution is 14.1. The smallest absolute Gasteiger partial charge is 0.142 e. The summed E-state index contributed by atoms with van der Waals surface area (Å²) >= 11 is 2.39. The van der Waals surface area contributed by atoms with E-state index in [1.807, 2.05) is 19.9 Å². The van der Waals surface area contributed by atoms with Gasteiger partial charge >= 0.3 is 0 Å². The number of piperidine rings is 1. The van der Waals surface area contributed by atoms with Gasteiger partial charge in [0, 0.05) is 3.57 Å². The highest BCUT2D eigenvalue weighted by Gasteiger charge is 2.21. The molecule has 0 aromatic heterocycles. The first-order chi connectivity index (χ1) is 8.97. The third-order valence-corrected chi connectivity index (χ3v) is 4.58. The Kier molecular flexibility index (Phi) is 4.95. The van der Waals surface area contributed by atoms with Crippen molar-refractivity contribution < 1.29 is 4.74 Å². The highest BCUT2D eigenvalue weighted by atomic mass is 127. The monoisotopic (exact) mass is 374 g/mol. The third-order valence-electron chi connectivity index (χ3n) is 3.65. The molecule has 0 spiro atoms. The summed E-state index contributed by atoms with van der Waals surface area (Å²) in [5.41, 5.74) is 8.20. The summed E-state index contributed by atoms with van der Waals surface area (Å²) in [5.74, 6) is 1.47. The maximum atomic E-state index is 6.05. The van der Waals surface area contributed by atoms with Gasteiger partial charge in [0.05, 0.1) is 11.8 Å². The van der Waals surface area contributed by atoms with Crippen LogP contribution in [0.2, 0.25) is 0 Å². The van der Waals surface area contributed by atoms with Crippen molar-refractivity contribution in [2.75, 3.05) is 25.9 Å². The second-order valence-electron chi connectivity index (χ2n) is 5.66. The van der Waals surface area contributed by atoms with Crippen LogP contribution in [-0.2, 0) is 0 Å². The van der Waals surface area contributed by atoms with Crippen LogP contribution < -0.4 is 10.5 Å². The Labute approximate surface area is 129 Å². The third kappa shape index (κ3) is 3.75. The number of benzene rings is 1. The molecule has 3 nitrogen and oxygen atoms in total. The van der Waals surface area contributed by atoms with Crippen molar-refractivity contribution in [3.05, 3.63) is 21.3 Å². The fourth-order valence-electron chi connectivity index (χ4n) is 2.57. The normalized spacial score (nSPS) is 17.9. The SMILES string of the molecule is CC(C)Oc1cc(C2CCN(C)CC2)c(I)cc1N. The van der Waals surface area contributed by atoms with Gasteiger partial charge in [-0.05, 0) is 93.0 Å². The van der Waals surface area contributed by atoms with Crippen LogP contribution in [0, 0.1) is 3.57 Å². The van der Waals surface area contributed by atoms with E-state index in [9.17, 15) is 0 Å². The number of likely N-dealkylation sites (tertiary alicyclic amines) is 1. The molecule has 1 aliphatic rings. The minimum absolute atomic E-state index is 0.160. The van der Waals surface area contributed by atoms with Gasteiger partial charge in [0.1, 0.15) is 5.75 Å². The molecular formula is C15H23IN2O. The number of nitrogens with two attached hydrogens (primary N) is 1. The molecule has 0 bridgehead atoms.